The lowest BCUT2D eigenvalue weighted by Crippen LogP contribution is -2.40. The van der Waals surface area contributed by atoms with Gasteiger partial charge in [-0.25, -0.2) is 35.1 Å². The third-order valence-electron chi connectivity index (χ3n) is 11.6. The Balaban J connectivity index is 1.35. The number of benzene rings is 7. The summed E-state index contributed by atoms with van der Waals surface area (Å²) in [6.45, 7) is -7.88. The third-order valence-corrected chi connectivity index (χ3v) is 11.6. The van der Waals surface area contributed by atoms with Gasteiger partial charge in [-0.1, -0.05) is 18.2 Å². The second kappa shape index (κ2) is 22.2. The summed E-state index contributed by atoms with van der Waals surface area (Å²) in [5.41, 5.74) is -10.7. The quantitative estimate of drug-likeness (QED) is 0.0749. The van der Waals surface area contributed by atoms with E-state index in [9.17, 15) is 65.9 Å². The maximum absolute atomic E-state index is 15.9. The van der Waals surface area contributed by atoms with E-state index >= 15 is 35.1 Å². The zero-order chi connectivity index (χ0) is 59.2. The molecule has 0 aromatic heterocycles. The molecular formula is C52H32F23N5. The first-order chi connectivity index (χ1) is 37.0. The molecule has 0 N–H and O–H groups in total. The van der Waals surface area contributed by atoms with Gasteiger partial charge in [-0.15, -0.1) is 0 Å². The third kappa shape index (κ3) is 13.3. The highest BCUT2D eigenvalue weighted by atomic mass is 19.4. The highest BCUT2D eigenvalue weighted by Gasteiger charge is 2.44. The number of nitrogens with zero attached hydrogens (tertiary/aromatic N) is 5. The lowest BCUT2D eigenvalue weighted by molar-refractivity contribution is -0.143. The van der Waals surface area contributed by atoms with Crippen molar-refractivity contribution >= 4 is 62.6 Å². The zero-order valence-electron chi connectivity index (χ0n) is 39.9. The molecule has 0 radical (unpaired) electrons. The number of para-hydroxylation sites is 1. The fourth-order valence-electron chi connectivity index (χ4n) is 8.30. The van der Waals surface area contributed by atoms with Gasteiger partial charge in [0, 0.05) is 56.7 Å². The second-order valence-corrected chi connectivity index (χ2v) is 17.3. The van der Waals surface area contributed by atoms with E-state index in [4.69, 9.17) is 0 Å². The zero-order valence-corrected chi connectivity index (χ0v) is 39.9. The minimum Gasteiger partial charge on any atom is -0.353 e. The van der Waals surface area contributed by atoms with Crippen molar-refractivity contribution in [3.05, 3.63) is 185 Å². The summed E-state index contributed by atoms with van der Waals surface area (Å²) in [6.07, 6.45) is -26.8. The van der Waals surface area contributed by atoms with Gasteiger partial charge in [0.15, 0.2) is 46.5 Å². The number of rotatable bonds is 15. The number of halogens is 23. The number of alkyl halides is 15. The molecule has 28 heteroatoms. The van der Waals surface area contributed by atoms with E-state index in [0.717, 1.165) is 48.5 Å². The van der Waals surface area contributed by atoms with Crippen LogP contribution < -0.4 is 24.5 Å². The second-order valence-electron chi connectivity index (χ2n) is 17.3. The van der Waals surface area contributed by atoms with Crippen molar-refractivity contribution in [1.29, 1.82) is 0 Å². The minimum absolute atomic E-state index is 0.0122. The Morgan fingerprint density at radius 1 is 0.275 bits per heavy atom. The van der Waals surface area contributed by atoms with Crippen LogP contribution in [-0.2, 0) is 6.18 Å². The molecule has 0 aliphatic rings. The van der Waals surface area contributed by atoms with Crippen LogP contribution in [0.5, 0.6) is 0 Å². The first-order valence-electron chi connectivity index (χ1n) is 22.4. The van der Waals surface area contributed by atoms with Gasteiger partial charge in [0.2, 0.25) is 0 Å². The summed E-state index contributed by atoms with van der Waals surface area (Å²) in [6, 6.07) is 21.7. The molecular weight excluding hydrogens is 1130 g/mol. The maximum Gasteiger partial charge on any atom is 0.422 e. The highest BCUT2D eigenvalue weighted by molar-refractivity contribution is 5.84. The number of hydrogen-bond donors (Lipinski definition) is 0. The van der Waals surface area contributed by atoms with Crippen LogP contribution in [0.2, 0.25) is 0 Å². The van der Waals surface area contributed by atoms with Crippen molar-refractivity contribution in [2.45, 2.75) is 37.8 Å². The van der Waals surface area contributed by atoms with Crippen molar-refractivity contribution in [2.75, 3.05) is 50.7 Å². The van der Waals surface area contributed by atoms with E-state index < -0.39 is 155 Å². The van der Waals surface area contributed by atoms with Crippen LogP contribution in [-0.4, -0.2) is 50.9 Å². The predicted octanol–water partition coefficient (Wildman–Crippen LogP) is 18.4. The van der Waals surface area contributed by atoms with Crippen LogP contribution in [0, 0.1) is 53.5 Å². The molecule has 426 valence electrons. The Bertz CT molecular complexity index is 3210. The van der Waals surface area contributed by atoms with Gasteiger partial charge in [-0.05, 0) is 116 Å². The fraction of sp³-hybridized carbons (Fsp3) is 0.192. The summed E-state index contributed by atoms with van der Waals surface area (Å²) in [4.78, 5) is 1.86. The molecule has 7 rings (SSSR count). The molecule has 0 aliphatic heterocycles. The topological polar surface area (TPSA) is 16.2 Å². The van der Waals surface area contributed by atoms with E-state index in [1.807, 2.05) is 0 Å². The van der Waals surface area contributed by atoms with Gasteiger partial charge in [-0.3, -0.25) is 0 Å². The van der Waals surface area contributed by atoms with Crippen LogP contribution in [0.1, 0.15) is 11.1 Å². The molecule has 5 nitrogen and oxygen atoms in total. The standard InChI is InChI=1S/C52H32F23N5/c1-27-38(53)42(57)46(43(58)39(27)54)79(33-11-7-28(8-12-33)76(23-48(61,62)63)24-49(64,65)66)35-19-15-31(16-20-35)78(30-5-3-2-4-6-30)32-17-21-36(22-18-32)80(47-44(59)40(55)37(52(73,74)75)41(56)45(47)60)34-13-9-29(10-14-34)77(25-50(67,68)69)26-51(70,71)72/h2-22H,23-26H2,1H3. The molecule has 0 unspecified atom stereocenters. The Morgan fingerprint density at radius 2 is 0.500 bits per heavy atom. The van der Waals surface area contributed by atoms with Gasteiger partial charge in [0.1, 0.15) is 43.1 Å². The minimum atomic E-state index is -6.03. The van der Waals surface area contributed by atoms with E-state index in [1.54, 1.807) is 6.07 Å². The van der Waals surface area contributed by atoms with E-state index in [2.05, 4.69) is 0 Å². The molecule has 0 saturated carbocycles. The first-order valence-corrected chi connectivity index (χ1v) is 22.4. The van der Waals surface area contributed by atoms with Gasteiger partial charge in [0.25, 0.3) is 0 Å². The largest absolute Gasteiger partial charge is 0.422 e. The maximum atomic E-state index is 15.9. The van der Waals surface area contributed by atoms with E-state index in [0.29, 0.717) is 48.2 Å². The Kier molecular flexibility index (Phi) is 16.6. The molecule has 80 heavy (non-hydrogen) atoms. The van der Waals surface area contributed by atoms with Crippen molar-refractivity contribution < 1.29 is 101 Å². The van der Waals surface area contributed by atoms with Gasteiger partial charge in [-0.2, -0.15) is 65.9 Å². The van der Waals surface area contributed by atoms with Crippen LogP contribution in [0.25, 0.3) is 0 Å². The fourth-order valence-corrected chi connectivity index (χ4v) is 8.30. The monoisotopic (exact) mass is 1160 g/mol. The molecule has 0 heterocycles. The van der Waals surface area contributed by atoms with Crippen LogP contribution in [0.4, 0.5) is 164 Å². The van der Waals surface area contributed by atoms with Crippen molar-refractivity contribution in [2.24, 2.45) is 0 Å². The molecule has 0 atom stereocenters. The average molecular weight is 1160 g/mol. The Hall–Kier alpha value is -8.07. The predicted molar refractivity (Wildman–Crippen MR) is 249 cm³/mol. The molecule has 0 spiro atoms. The Morgan fingerprint density at radius 3 is 0.750 bits per heavy atom. The van der Waals surface area contributed by atoms with Gasteiger partial charge >= 0.3 is 30.9 Å². The molecule has 0 bridgehead atoms. The van der Waals surface area contributed by atoms with Crippen LogP contribution >= 0.6 is 0 Å². The van der Waals surface area contributed by atoms with Crippen molar-refractivity contribution in [1.82, 2.24) is 0 Å². The molecule has 0 aliphatic carbocycles. The SMILES string of the molecule is Cc1c(F)c(F)c(N(c2ccc(N(CC(F)(F)F)CC(F)(F)F)cc2)c2ccc(N(c3ccccc3)c3ccc(N(c4ccc(N(CC(F)(F)F)CC(F)(F)F)cc4)c4c(F)c(F)c(C(F)(F)F)c(F)c4F)cc3)cc2)c(F)c1F. The molecule has 7 aromatic carbocycles. The average Bonchev–Trinajstić information content (AvgIpc) is 3.36. The first kappa shape index (κ1) is 59.6. The van der Waals surface area contributed by atoms with Gasteiger partial charge in [0.05, 0.1) is 0 Å². The number of hydrogen-bond acceptors (Lipinski definition) is 5. The molecule has 7 aromatic rings. The van der Waals surface area contributed by atoms with Crippen molar-refractivity contribution in [3.8, 4) is 0 Å². The summed E-state index contributed by atoms with van der Waals surface area (Å²) < 4.78 is 326. The van der Waals surface area contributed by atoms with E-state index in [1.165, 1.54) is 41.3 Å². The summed E-state index contributed by atoms with van der Waals surface area (Å²) in [5, 5.41) is 0. The molecule has 0 fully saturated rings. The normalized spacial score (nSPS) is 12.4. The lowest BCUT2D eigenvalue weighted by Gasteiger charge is -2.31. The Labute approximate surface area is 436 Å². The lowest BCUT2D eigenvalue weighted by atomic mass is 10.1. The summed E-state index contributed by atoms with van der Waals surface area (Å²) in [7, 11) is 0. The summed E-state index contributed by atoms with van der Waals surface area (Å²) >= 11 is 0. The van der Waals surface area contributed by atoms with Crippen molar-refractivity contribution in [3.63, 3.8) is 0 Å². The number of anilines is 11. The van der Waals surface area contributed by atoms with Crippen LogP contribution in [0.3, 0.4) is 0 Å². The van der Waals surface area contributed by atoms with Gasteiger partial charge < -0.3 is 24.5 Å². The highest BCUT2D eigenvalue weighted by Crippen LogP contribution is 2.47. The molecule has 0 saturated heterocycles. The molecule has 0 amide bonds. The van der Waals surface area contributed by atoms with Crippen LogP contribution in [0.15, 0.2) is 127 Å². The van der Waals surface area contributed by atoms with E-state index in [-0.39, 0.29) is 37.4 Å². The smallest absolute Gasteiger partial charge is 0.353 e. The summed E-state index contributed by atoms with van der Waals surface area (Å²) in [5.74, 6) is -19.0.